The molecule has 47 heavy (non-hydrogen) atoms. The van der Waals surface area contributed by atoms with Gasteiger partial charge in [0.1, 0.15) is 0 Å². The summed E-state index contributed by atoms with van der Waals surface area (Å²) in [5.74, 6) is 1.88. The topological polar surface area (TPSA) is 43.6 Å². The fraction of sp³-hybridized carbons (Fsp3) is 0. The molecule has 0 amide bonds. The van der Waals surface area contributed by atoms with Crippen LogP contribution in [0.5, 0.6) is 0 Å². The third-order valence-corrected chi connectivity index (χ3v) is 9.38. The molecule has 0 aliphatic rings. The van der Waals surface area contributed by atoms with Crippen LogP contribution in [0.1, 0.15) is 0 Å². The minimum atomic E-state index is 0.599. The highest BCUT2D eigenvalue weighted by atomic mass is 15.2. The minimum Gasteiger partial charge on any atom is -0.278 e. The number of rotatable bonds is 4. The zero-order chi connectivity index (χ0) is 30.9. The lowest BCUT2D eigenvalue weighted by molar-refractivity contribution is 0.954. The Kier molecular flexibility index (Phi) is 5.54. The number of nitrogens with zero attached hydrogens (tertiary/aromatic N) is 4. The second kappa shape index (κ2) is 10.1. The maximum absolute atomic E-state index is 5.19. The first-order valence-electron chi connectivity index (χ1n) is 15.9. The average Bonchev–Trinajstić information content (AvgIpc) is 3.49. The zero-order valence-electron chi connectivity index (χ0n) is 25.3. The van der Waals surface area contributed by atoms with Crippen molar-refractivity contribution in [1.82, 2.24) is 19.5 Å². The Hall–Kier alpha value is -6.39. The van der Waals surface area contributed by atoms with Crippen molar-refractivity contribution in [3.63, 3.8) is 0 Å². The Bertz CT molecular complexity index is 2710. The summed E-state index contributed by atoms with van der Waals surface area (Å²) < 4.78 is 2.25. The van der Waals surface area contributed by atoms with Gasteiger partial charge in [0.05, 0.1) is 11.0 Å². The van der Waals surface area contributed by atoms with E-state index in [0.717, 1.165) is 27.7 Å². The lowest BCUT2D eigenvalue weighted by Gasteiger charge is -2.13. The molecule has 4 nitrogen and oxygen atoms in total. The molecule has 10 rings (SSSR count). The molecule has 2 aromatic heterocycles. The third kappa shape index (κ3) is 3.92. The molecule has 10 aromatic rings. The van der Waals surface area contributed by atoms with Crippen molar-refractivity contribution >= 4 is 54.1 Å². The van der Waals surface area contributed by atoms with Crippen LogP contribution < -0.4 is 0 Å². The van der Waals surface area contributed by atoms with E-state index < -0.39 is 0 Å². The summed E-state index contributed by atoms with van der Waals surface area (Å²) in [6, 6.07) is 55.5. The van der Waals surface area contributed by atoms with Gasteiger partial charge in [-0.1, -0.05) is 140 Å². The van der Waals surface area contributed by atoms with E-state index in [0.29, 0.717) is 17.6 Å². The van der Waals surface area contributed by atoms with Gasteiger partial charge >= 0.3 is 0 Å². The standard InChI is InChI=1S/C43H26N4/c1-4-13-27(14-5-1)31-25-35-33-24-23-28-15-10-11-20-32(28)38(33)34-21-12-22-36-39(34)40(35)37(26-31)47(36)43-45-41(29-16-6-2-7-17-29)44-42(46-43)30-18-8-3-9-19-30/h1-26H. The van der Waals surface area contributed by atoms with E-state index in [1.807, 2.05) is 36.4 Å². The largest absolute Gasteiger partial charge is 0.278 e. The fourth-order valence-electron chi connectivity index (χ4n) is 7.30. The van der Waals surface area contributed by atoms with Gasteiger partial charge in [-0.05, 0) is 61.6 Å². The van der Waals surface area contributed by atoms with Gasteiger partial charge in [0, 0.05) is 21.9 Å². The third-order valence-electron chi connectivity index (χ3n) is 9.38. The Labute approximate surface area is 270 Å². The molecule has 0 fully saturated rings. The molecular formula is C43H26N4. The van der Waals surface area contributed by atoms with E-state index in [1.54, 1.807) is 0 Å². The van der Waals surface area contributed by atoms with Gasteiger partial charge in [-0.25, -0.2) is 4.98 Å². The van der Waals surface area contributed by atoms with Crippen molar-refractivity contribution in [2.45, 2.75) is 0 Å². The summed E-state index contributed by atoms with van der Waals surface area (Å²) in [5.41, 5.74) is 6.37. The average molecular weight is 599 g/mol. The minimum absolute atomic E-state index is 0.599. The predicted octanol–water partition coefficient (Wildman–Crippen LogP) is 10.9. The quantitative estimate of drug-likeness (QED) is 0.189. The maximum atomic E-state index is 5.19. The van der Waals surface area contributed by atoms with Crippen molar-refractivity contribution in [3.8, 4) is 39.9 Å². The van der Waals surface area contributed by atoms with E-state index in [9.17, 15) is 0 Å². The van der Waals surface area contributed by atoms with Crippen molar-refractivity contribution < 1.29 is 0 Å². The summed E-state index contributed by atoms with van der Waals surface area (Å²) >= 11 is 0. The van der Waals surface area contributed by atoms with Crippen LogP contribution >= 0.6 is 0 Å². The molecule has 0 aliphatic carbocycles. The van der Waals surface area contributed by atoms with Crippen molar-refractivity contribution in [2.75, 3.05) is 0 Å². The molecule has 2 heterocycles. The molecule has 0 saturated heterocycles. The van der Waals surface area contributed by atoms with Gasteiger partial charge < -0.3 is 0 Å². The van der Waals surface area contributed by atoms with Crippen LogP contribution in [-0.2, 0) is 0 Å². The number of aromatic nitrogens is 4. The monoisotopic (exact) mass is 598 g/mol. The summed E-state index contributed by atoms with van der Waals surface area (Å²) in [6.45, 7) is 0. The van der Waals surface area contributed by atoms with Crippen molar-refractivity contribution in [1.29, 1.82) is 0 Å². The Balaban J connectivity index is 1.40. The SMILES string of the molecule is c1ccc(-c2cc3c4ccc5ccccc5c4c4cccc5c4c3c(c2)n5-c2nc(-c3ccccc3)nc(-c3ccccc3)n2)cc1. The smallest absolute Gasteiger partial charge is 0.238 e. The second-order valence-corrected chi connectivity index (χ2v) is 12.0. The molecule has 0 unspecified atom stereocenters. The highest BCUT2D eigenvalue weighted by Crippen LogP contribution is 2.46. The Morgan fingerprint density at radius 3 is 1.64 bits per heavy atom. The number of benzene rings is 8. The first-order valence-corrected chi connectivity index (χ1v) is 15.9. The molecule has 0 bridgehead atoms. The first kappa shape index (κ1) is 25.9. The van der Waals surface area contributed by atoms with Crippen LogP contribution in [0.25, 0.3) is 94.0 Å². The summed E-state index contributed by atoms with van der Waals surface area (Å²) in [6.07, 6.45) is 0. The van der Waals surface area contributed by atoms with Crippen LogP contribution in [0, 0.1) is 0 Å². The molecule has 0 atom stereocenters. The van der Waals surface area contributed by atoms with Gasteiger partial charge in [0.2, 0.25) is 5.95 Å². The van der Waals surface area contributed by atoms with Crippen LogP contribution in [0.2, 0.25) is 0 Å². The molecule has 0 spiro atoms. The van der Waals surface area contributed by atoms with Gasteiger partial charge in [-0.15, -0.1) is 0 Å². The summed E-state index contributed by atoms with van der Waals surface area (Å²) in [5, 5.41) is 9.92. The van der Waals surface area contributed by atoms with E-state index in [1.165, 1.54) is 48.7 Å². The van der Waals surface area contributed by atoms with Crippen molar-refractivity contribution in [3.05, 3.63) is 158 Å². The van der Waals surface area contributed by atoms with Crippen LogP contribution in [0.3, 0.4) is 0 Å². The van der Waals surface area contributed by atoms with Crippen LogP contribution in [0.15, 0.2) is 158 Å². The van der Waals surface area contributed by atoms with Crippen LogP contribution in [0.4, 0.5) is 0 Å². The Morgan fingerprint density at radius 2 is 0.936 bits per heavy atom. The number of hydrogen-bond donors (Lipinski definition) is 0. The van der Waals surface area contributed by atoms with E-state index in [4.69, 9.17) is 15.0 Å². The zero-order valence-corrected chi connectivity index (χ0v) is 25.3. The first-order chi connectivity index (χ1) is 23.3. The molecule has 0 N–H and O–H groups in total. The van der Waals surface area contributed by atoms with E-state index in [2.05, 4.69) is 126 Å². The molecule has 218 valence electrons. The molecule has 0 radical (unpaired) electrons. The fourth-order valence-corrected chi connectivity index (χ4v) is 7.30. The number of hydrogen-bond acceptors (Lipinski definition) is 3. The lowest BCUT2D eigenvalue weighted by Crippen LogP contribution is -2.06. The van der Waals surface area contributed by atoms with Gasteiger partial charge in [0.15, 0.2) is 11.6 Å². The summed E-state index contributed by atoms with van der Waals surface area (Å²) in [7, 11) is 0. The summed E-state index contributed by atoms with van der Waals surface area (Å²) in [4.78, 5) is 15.4. The molecular weight excluding hydrogens is 573 g/mol. The highest BCUT2D eigenvalue weighted by molar-refractivity contribution is 6.38. The van der Waals surface area contributed by atoms with E-state index >= 15 is 0 Å². The van der Waals surface area contributed by atoms with Crippen molar-refractivity contribution in [2.24, 2.45) is 0 Å². The molecule has 4 heteroatoms. The molecule has 0 saturated carbocycles. The van der Waals surface area contributed by atoms with Gasteiger partial charge in [0.25, 0.3) is 0 Å². The number of fused-ring (bicyclic) bond motifs is 5. The highest BCUT2D eigenvalue weighted by Gasteiger charge is 2.24. The predicted molar refractivity (Wildman–Crippen MR) is 194 cm³/mol. The van der Waals surface area contributed by atoms with Gasteiger partial charge in [-0.3, -0.25) is 4.57 Å². The Morgan fingerprint density at radius 1 is 0.340 bits per heavy atom. The second-order valence-electron chi connectivity index (χ2n) is 12.0. The van der Waals surface area contributed by atoms with E-state index in [-0.39, 0.29) is 0 Å². The van der Waals surface area contributed by atoms with Crippen LogP contribution in [-0.4, -0.2) is 19.5 Å². The molecule has 0 aliphatic heterocycles. The maximum Gasteiger partial charge on any atom is 0.238 e. The normalized spacial score (nSPS) is 11.8. The van der Waals surface area contributed by atoms with Gasteiger partial charge in [-0.2, -0.15) is 9.97 Å². The lowest BCUT2D eigenvalue weighted by atomic mass is 9.89. The molecule has 8 aromatic carbocycles.